The molecule has 0 saturated heterocycles. The second kappa shape index (κ2) is 7.72. The van der Waals surface area contributed by atoms with E-state index < -0.39 is 38.9 Å². The van der Waals surface area contributed by atoms with Crippen LogP contribution in [-0.4, -0.2) is 31.6 Å². The number of hydrogen-bond acceptors (Lipinski definition) is 5. The fraction of sp³-hybridized carbons (Fsp3) is 0.176. The van der Waals surface area contributed by atoms with E-state index in [9.17, 15) is 26.4 Å². The van der Waals surface area contributed by atoms with Gasteiger partial charge in [0.05, 0.1) is 0 Å². The number of likely N-dealkylation sites (N-methyl/N-ethyl adjacent to an activating group) is 1. The van der Waals surface area contributed by atoms with Crippen LogP contribution in [0.15, 0.2) is 58.0 Å². The standard InChI is InChI=1S/C17H15F3N4O4S/c1-21-16(25)15(10-5-3-2-4-6-10)24-29(26,27)14-8-7-12(28-14)11-9-13(23-22-11)17(18,19)20/h2-9,15,24H,1H3,(H,21,25)(H,22,23). The molecule has 0 radical (unpaired) electrons. The summed E-state index contributed by atoms with van der Waals surface area (Å²) in [5, 5.41) is 7.09. The zero-order valence-corrected chi connectivity index (χ0v) is 15.6. The summed E-state index contributed by atoms with van der Waals surface area (Å²) in [4.78, 5) is 12.2. The van der Waals surface area contributed by atoms with Crippen molar-refractivity contribution >= 4 is 15.9 Å². The van der Waals surface area contributed by atoms with Crippen LogP contribution in [0.3, 0.4) is 0 Å². The summed E-state index contributed by atoms with van der Waals surface area (Å²) in [7, 11) is -2.95. The van der Waals surface area contributed by atoms with Crippen LogP contribution in [0.4, 0.5) is 13.2 Å². The van der Waals surface area contributed by atoms with Crippen LogP contribution in [0.5, 0.6) is 0 Å². The van der Waals surface area contributed by atoms with Crippen LogP contribution in [0, 0.1) is 0 Å². The van der Waals surface area contributed by atoms with E-state index in [-0.39, 0.29) is 11.5 Å². The molecule has 0 bridgehead atoms. The van der Waals surface area contributed by atoms with E-state index in [1.807, 2.05) is 5.10 Å². The predicted molar refractivity (Wildman–Crippen MR) is 94.9 cm³/mol. The number of nitrogens with zero attached hydrogens (tertiary/aromatic N) is 1. The number of aromatic nitrogens is 2. The molecule has 0 aliphatic carbocycles. The van der Waals surface area contributed by atoms with Gasteiger partial charge in [0.2, 0.25) is 11.0 Å². The zero-order valence-electron chi connectivity index (χ0n) is 14.8. The monoisotopic (exact) mass is 428 g/mol. The van der Waals surface area contributed by atoms with Gasteiger partial charge in [-0.3, -0.25) is 9.89 Å². The molecule has 1 unspecified atom stereocenters. The van der Waals surface area contributed by atoms with Gasteiger partial charge in [0.1, 0.15) is 17.4 Å². The van der Waals surface area contributed by atoms with Crippen LogP contribution in [-0.2, 0) is 21.0 Å². The second-order valence-electron chi connectivity index (χ2n) is 5.86. The minimum absolute atomic E-state index is 0.187. The van der Waals surface area contributed by atoms with E-state index in [1.54, 1.807) is 30.3 Å². The number of benzene rings is 1. The fourth-order valence-electron chi connectivity index (χ4n) is 2.47. The molecule has 1 aromatic carbocycles. The van der Waals surface area contributed by atoms with Crippen molar-refractivity contribution in [3.05, 3.63) is 59.8 Å². The van der Waals surface area contributed by atoms with Crippen molar-refractivity contribution < 1.29 is 30.8 Å². The van der Waals surface area contributed by atoms with E-state index >= 15 is 0 Å². The molecule has 1 atom stereocenters. The summed E-state index contributed by atoms with van der Waals surface area (Å²) in [6, 6.07) is 9.81. The molecule has 0 saturated carbocycles. The average Bonchev–Trinajstić information content (AvgIpc) is 3.35. The summed E-state index contributed by atoms with van der Waals surface area (Å²) < 4.78 is 70.8. The van der Waals surface area contributed by atoms with Crippen molar-refractivity contribution in [2.75, 3.05) is 7.05 Å². The van der Waals surface area contributed by atoms with E-state index in [2.05, 4.69) is 15.1 Å². The summed E-state index contributed by atoms with van der Waals surface area (Å²) in [5.74, 6) is -0.790. The Morgan fingerprint density at radius 1 is 1.17 bits per heavy atom. The smallest absolute Gasteiger partial charge is 0.432 e. The highest BCUT2D eigenvalue weighted by Gasteiger charge is 2.34. The van der Waals surface area contributed by atoms with Gasteiger partial charge in [-0.05, 0) is 23.8 Å². The Kier molecular flexibility index (Phi) is 5.48. The minimum Gasteiger partial charge on any atom is -0.442 e. The van der Waals surface area contributed by atoms with Crippen molar-refractivity contribution in [2.45, 2.75) is 17.3 Å². The van der Waals surface area contributed by atoms with Crippen LogP contribution in [0.1, 0.15) is 17.3 Å². The lowest BCUT2D eigenvalue weighted by Gasteiger charge is -2.16. The molecule has 154 valence electrons. The molecule has 0 spiro atoms. The molecule has 0 fully saturated rings. The first-order chi connectivity index (χ1) is 13.6. The van der Waals surface area contributed by atoms with Gasteiger partial charge < -0.3 is 9.73 Å². The Bertz CT molecular complexity index is 1110. The van der Waals surface area contributed by atoms with Gasteiger partial charge in [-0.25, -0.2) is 8.42 Å². The molecule has 0 aliphatic heterocycles. The Morgan fingerprint density at radius 2 is 1.86 bits per heavy atom. The molecule has 29 heavy (non-hydrogen) atoms. The number of carbonyl (C=O) groups is 1. The highest BCUT2D eigenvalue weighted by Crippen LogP contribution is 2.31. The fourth-order valence-corrected chi connectivity index (χ4v) is 3.59. The molecule has 2 aromatic heterocycles. The second-order valence-corrected chi connectivity index (χ2v) is 7.51. The Morgan fingerprint density at radius 3 is 2.45 bits per heavy atom. The average molecular weight is 428 g/mol. The molecule has 8 nitrogen and oxygen atoms in total. The summed E-state index contributed by atoms with van der Waals surface area (Å²) in [5.41, 5.74) is -0.927. The normalized spacial score (nSPS) is 13.2. The number of furan rings is 1. The maximum absolute atomic E-state index is 12.7. The third-order valence-electron chi connectivity index (χ3n) is 3.90. The number of aromatic amines is 1. The van der Waals surface area contributed by atoms with Gasteiger partial charge in [0, 0.05) is 7.05 Å². The number of hydrogen-bond donors (Lipinski definition) is 3. The first-order valence-corrected chi connectivity index (χ1v) is 9.62. The van der Waals surface area contributed by atoms with Gasteiger partial charge in [-0.15, -0.1) is 0 Å². The number of alkyl halides is 3. The SMILES string of the molecule is CNC(=O)C(NS(=O)(=O)c1ccc(-c2cc(C(F)(F)F)[nH]n2)o1)c1ccccc1. The summed E-state index contributed by atoms with van der Waals surface area (Å²) in [6.07, 6.45) is -4.63. The Balaban J connectivity index is 1.88. The lowest BCUT2D eigenvalue weighted by atomic mass is 10.1. The molecule has 2 heterocycles. The number of halogens is 3. The minimum atomic E-state index is -4.63. The molecule has 0 aliphatic rings. The number of amides is 1. The van der Waals surface area contributed by atoms with Crippen molar-refractivity contribution in [3.8, 4) is 11.5 Å². The number of sulfonamides is 1. The molecule has 1 amide bonds. The van der Waals surface area contributed by atoms with Crippen molar-refractivity contribution in [1.82, 2.24) is 20.2 Å². The number of carbonyl (C=O) groups excluding carboxylic acids is 1. The third kappa shape index (κ3) is 4.49. The lowest BCUT2D eigenvalue weighted by Crippen LogP contribution is -2.38. The molecule has 12 heteroatoms. The zero-order chi connectivity index (χ0) is 21.2. The van der Waals surface area contributed by atoms with Gasteiger partial charge in [0.25, 0.3) is 10.0 Å². The van der Waals surface area contributed by atoms with Crippen LogP contribution in [0.25, 0.3) is 11.5 Å². The number of nitrogens with one attached hydrogen (secondary N) is 3. The van der Waals surface area contributed by atoms with E-state index in [0.717, 1.165) is 6.07 Å². The van der Waals surface area contributed by atoms with Crippen LogP contribution < -0.4 is 10.0 Å². The topological polar surface area (TPSA) is 117 Å². The highest BCUT2D eigenvalue weighted by atomic mass is 32.2. The lowest BCUT2D eigenvalue weighted by molar-refractivity contribution is -0.141. The van der Waals surface area contributed by atoms with Gasteiger partial charge in [0.15, 0.2) is 5.76 Å². The highest BCUT2D eigenvalue weighted by molar-refractivity contribution is 7.89. The van der Waals surface area contributed by atoms with Crippen molar-refractivity contribution in [3.63, 3.8) is 0 Å². The van der Waals surface area contributed by atoms with Crippen molar-refractivity contribution in [1.29, 1.82) is 0 Å². The maximum atomic E-state index is 12.7. The first-order valence-electron chi connectivity index (χ1n) is 8.13. The summed E-state index contributed by atoms with van der Waals surface area (Å²) in [6.45, 7) is 0. The Labute approximate surface area is 163 Å². The van der Waals surface area contributed by atoms with Gasteiger partial charge in [-0.1, -0.05) is 30.3 Å². The van der Waals surface area contributed by atoms with E-state index in [4.69, 9.17) is 4.42 Å². The molecular formula is C17H15F3N4O4S. The summed E-state index contributed by atoms with van der Waals surface area (Å²) >= 11 is 0. The predicted octanol–water partition coefficient (Wildman–Crippen LogP) is 2.45. The number of rotatable bonds is 6. The maximum Gasteiger partial charge on any atom is 0.432 e. The number of H-pyrrole nitrogens is 1. The quantitative estimate of drug-likeness (QED) is 0.558. The molecule has 3 rings (SSSR count). The van der Waals surface area contributed by atoms with Gasteiger partial charge in [-0.2, -0.15) is 23.0 Å². The Hall–Kier alpha value is -3.12. The van der Waals surface area contributed by atoms with E-state index in [0.29, 0.717) is 11.6 Å². The molecule has 3 aromatic rings. The van der Waals surface area contributed by atoms with Gasteiger partial charge >= 0.3 is 6.18 Å². The van der Waals surface area contributed by atoms with Crippen LogP contribution >= 0.6 is 0 Å². The van der Waals surface area contributed by atoms with E-state index in [1.165, 1.54) is 13.1 Å². The first kappa shape index (κ1) is 20.6. The molecule has 3 N–H and O–H groups in total. The van der Waals surface area contributed by atoms with Crippen molar-refractivity contribution in [2.24, 2.45) is 0 Å². The third-order valence-corrected chi connectivity index (χ3v) is 5.19. The molecular weight excluding hydrogens is 413 g/mol. The largest absolute Gasteiger partial charge is 0.442 e. The van der Waals surface area contributed by atoms with Crippen LogP contribution in [0.2, 0.25) is 0 Å².